The summed E-state index contributed by atoms with van der Waals surface area (Å²) in [5.74, 6) is 0. The van der Waals surface area contributed by atoms with Gasteiger partial charge in [0.1, 0.15) is 0 Å². The van der Waals surface area contributed by atoms with E-state index in [2.05, 4.69) is 18.1 Å². The molecule has 2 N–H and O–H groups in total. The topological polar surface area (TPSA) is 43.8 Å². The van der Waals surface area contributed by atoms with Crippen LogP contribution in [0.15, 0.2) is 29.4 Å². The Labute approximate surface area is 120 Å². The fourth-order valence-electron chi connectivity index (χ4n) is 1.66. The zero-order chi connectivity index (χ0) is 13.1. The molecule has 2 unspecified atom stereocenters. The van der Waals surface area contributed by atoms with Crippen molar-refractivity contribution in [3.8, 4) is 0 Å². The molecule has 98 valence electrons. The number of thioether (sulfide) groups is 1. The van der Waals surface area contributed by atoms with Crippen molar-refractivity contribution in [1.29, 1.82) is 0 Å². The van der Waals surface area contributed by atoms with E-state index in [1.54, 1.807) is 27.8 Å². The van der Waals surface area contributed by atoms with Gasteiger partial charge in [0.15, 0.2) is 0 Å². The molecule has 0 amide bonds. The van der Waals surface area contributed by atoms with Gasteiger partial charge in [0.05, 0.1) is 15.8 Å². The molecule has 2 atom stereocenters. The summed E-state index contributed by atoms with van der Waals surface area (Å²) >= 11 is 9.37. The Morgan fingerprint density at radius 3 is 2.83 bits per heavy atom. The molecule has 2 aromatic rings. The smallest absolute Gasteiger partial charge is 0.0931 e. The number of nitrogens with two attached hydrogens (primary N) is 1. The SMILES string of the molecule is CCC(N)C(Sc1cnn(C)c1)c1ccc(Cl)s1. The molecule has 6 heteroatoms. The van der Waals surface area contributed by atoms with E-state index in [-0.39, 0.29) is 11.3 Å². The van der Waals surface area contributed by atoms with Crippen LogP contribution in [0.25, 0.3) is 0 Å². The minimum absolute atomic E-state index is 0.116. The molecule has 2 heterocycles. The second kappa shape index (κ2) is 6.10. The summed E-state index contributed by atoms with van der Waals surface area (Å²) in [7, 11) is 1.92. The molecule has 2 aromatic heterocycles. The highest BCUT2D eigenvalue weighted by molar-refractivity contribution is 7.99. The molecule has 3 nitrogen and oxygen atoms in total. The highest BCUT2D eigenvalue weighted by atomic mass is 35.5. The van der Waals surface area contributed by atoms with Crippen LogP contribution in [0.5, 0.6) is 0 Å². The molecule has 2 rings (SSSR count). The first-order valence-electron chi connectivity index (χ1n) is 5.76. The van der Waals surface area contributed by atoms with Crippen LogP contribution in [0, 0.1) is 0 Å². The molecule has 0 aliphatic rings. The lowest BCUT2D eigenvalue weighted by atomic mass is 10.1. The van der Waals surface area contributed by atoms with E-state index >= 15 is 0 Å². The number of thiophene rings is 1. The third kappa shape index (κ3) is 3.29. The molecule has 0 radical (unpaired) electrons. The maximum Gasteiger partial charge on any atom is 0.0931 e. The monoisotopic (exact) mass is 301 g/mol. The van der Waals surface area contributed by atoms with Crippen molar-refractivity contribution in [1.82, 2.24) is 9.78 Å². The van der Waals surface area contributed by atoms with Gasteiger partial charge >= 0.3 is 0 Å². The first kappa shape index (κ1) is 13.9. The van der Waals surface area contributed by atoms with Gasteiger partial charge in [0.2, 0.25) is 0 Å². The first-order valence-corrected chi connectivity index (χ1v) is 7.83. The van der Waals surface area contributed by atoms with Crippen LogP contribution in [0.2, 0.25) is 4.34 Å². The molecule has 0 bridgehead atoms. The third-order valence-corrected chi connectivity index (χ3v) is 5.48. The molecular formula is C12H16ClN3S2. The Hall–Kier alpha value is -0.490. The van der Waals surface area contributed by atoms with Crippen LogP contribution >= 0.6 is 34.7 Å². The van der Waals surface area contributed by atoms with Crippen molar-refractivity contribution in [2.24, 2.45) is 12.8 Å². The lowest BCUT2D eigenvalue weighted by Crippen LogP contribution is -2.25. The number of hydrogen-bond acceptors (Lipinski definition) is 4. The Morgan fingerprint density at radius 1 is 1.56 bits per heavy atom. The van der Waals surface area contributed by atoms with Crippen LogP contribution in [-0.4, -0.2) is 15.8 Å². The van der Waals surface area contributed by atoms with Crippen molar-refractivity contribution in [2.45, 2.75) is 29.5 Å². The normalized spacial score (nSPS) is 14.7. The molecule has 0 aliphatic carbocycles. The lowest BCUT2D eigenvalue weighted by Gasteiger charge is -2.20. The molecule has 0 saturated carbocycles. The molecule has 18 heavy (non-hydrogen) atoms. The van der Waals surface area contributed by atoms with Gasteiger partial charge < -0.3 is 5.73 Å². The number of aryl methyl sites for hydroxylation is 1. The van der Waals surface area contributed by atoms with Gasteiger partial charge in [-0.05, 0) is 18.6 Å². The van der Waals surface area contributed by atoms with Crippen LogP contribution in [0.4, 0.5) is 0 Å². The number of halogens is 1. The van der Waals surface area contributed by atoms with E-state index < -0.39 is 0 Å². The minimum Gasteiger partial charge on any atom is -0.326 e. The van der Waals surface area contributed by atoms with Gasteiger partial charge in [0.25, 0.3) is 0 Å². The highest BCUT2D eigenvalue weighted by Crippen LogP contribution is 2.41. The number of hydrogen-bond donors (Lipinski definition) is 1. The van der Waals surface area contributed by atoms with Gasteiger partial charge in [-0.1, -0.05) is 18.5 Å². The van der Waals surface area contributed by atoms with Crippen molar-refractivity contribution >= 4 is 34.7 Å². The van der Waals surface area contributed by atoms with Crippen LogP contribution in [-0.2, 0) is 7.05 Å². The molecule has 0 spiro atoms. The van der Waals surface area contributed by atoms with Crippen molar-refractivity contribution in [3.63, 3.8) is 0 Å². The zero-order valence-electron chi connectivity index (χ0n) is 10.3. The van der Waals surface area contributed by atoms with E-state index in [1.165, 1.54) is 4.88 Å². The Morgan fingerprint density at radius 2 is 2.33 bits per heavy atom. The number of nitrogens with zero attached hydrogens (tertiary/aromatic N) is 2. The average Bonchev–Trinajstić information content (AvgIpc) is 2.94. The van der Waals surface area contributed by atoms with E-state index in [0.717, 1.165) is 15.7 Å². The van der Waals surface area contributed by atoms with Crippen LogP contribution in [0.1, 0.15) is 23.5 Å². The summed E-state index contributed by atoms with van der Waals surface area (Å²) in [4.78, 5) is 2.36. The average molecular weight is 302 g/mol. The highest BCUT2D eigenvalue weighted by Gasteiger charge is 2.22. The van der Waals surface area contributed by atoms with Gasteiger partial charge in [-0.2, -0.15) is 5.10 Å². The van der Waals surface area contributed by atoms with Gasteiger partial charge in [-0.3, -0.25) is 4.68 Å². The first-order chi connectivity index (χ1) is 8.60. The van der Waals surface area contributed by atoms with E-state index in [9.17, 15) is 0 Å². The third-order valence-electron chi connectivity index (χ3n) is 2.68. The van der Waals surface area contributed by atoms with E-state index in [0.29, 0.717) is 0 Å². The summed E-state index contributed by atoms with van der Waals surface area (Å²) in [6.07, 6.45) is 4.82. The largest absolute Gasteiger partial charge is 0.326 e. The fraction of sp³-hybridized carbons (Fsp3) is 0.417. The second-order valence-corrected chi connectivity index (χ2v) is 7.06. The summed E-state index contributed by atoms with van der Waals surface area (Å²) in [5, 5.41) is 4.42. The van der Waals surface area contributed by atoms with Crippen LogP contribution < -0.4 is 5.73 Å². The predicted molar refractivity (Wildman–Crippen MR) is 79.4 cm³/mol. The summed E-state index contributed by atoms with van der Waals surface area (Å²) < 4.78 is 2.61. The van der Waals surface area contributed by atoms with E-state index in [4.69, 9.17) is 17.3 Å². The Kier molecular flexibility index (Phi) is 4.72. The number of aromatic nitrogens is 2. The molecule has 0 aliphatic heterocycles. The van der Waals surface area contributed by atoms with E-state index in [1.807, 2.05) is 25.5 Å². The maximum absolute atomic E-state index is 6.23. The van der Waals surface area contributed by atoms with Crippen molar-refractivity contribution in [2.75, 3.05) is 0 Å². The summed E-state index contributed by atoms with van der Waals surface area (Å²) in [6.45, 7) is 2.11. The standard InChI is InChI=1S/C12H16ClN3S2/c1-3-9(14)12(10-4-5-11(13)18-10)17-8-6-15-16(2)7-8/h4-7,9,12H,3,14H2,1-2H3. The number of rotatable bonds is 5. The molecule has 0 fully saturated rings. The van der Waals surface area contributed by atoms with Crippen LogP contribution in [0.3, 0.4) is 0 Å². The maximum atomic E-state index is 6.23. The zero-order valence-corrected chi connectivity index (χ0v) is 12.7. The Balaban J connectivity index is 2.20. The summed E-state index contributed by atoms with van der Waals surface area (Å²) in [5.41, 5.74) is 6.23. The van der Waals surface area contributed by atoms with Crippen molar-refractivity contribution in [3.05, 3.63) is 33.7 Å². The fourth-order valence-corrected chi connectivity index (χ4v) is 4.24. The van der Waals surface area contributed by atoms with Gasteiger partial charge in [-0.15, -0.1) is 23.1 Å². The summed E-state index contributed by atoms with van der Waals surface area (Å²) in [6, 6.07) is 4.11. The molecule has 0 aromatic carbocycles. The lowest BCUT2D eigenvalue weighted by molar-refractivity contribution is 0.640. The minimum atomic E-state index is 0.116. The van der Waals surface area contributed by atoms with Crippen molar-refractivity contribution < 1.29 is 0 Å². The quantitative estimate of drug-likeness (QED) is 0.856. The molecule has 0 saturated heterocycles. The van der Waals surface area contributed by atoms with Gasteiger partial charge in [-0.25, -0.2) is 0 Å². The predicted octanol–water partition coefficient (Wildman–Crippen LogP) is 3.71. The van der Waals surface area contributed by atoms with Gasteiger partial charge in [0, 0.05) is 29.1 Å². The second-order valence-electron chi connectivity index (χ2n) is 4.10. The Bertz CT molecular complexity index is 509. The molecular weight excluding hydrogens is 286 g/mol.